The number of aliphatic hydroxyl groups is 1. The maximum atomic E-state index is 12.3. The van der Waals surface area contributed by atoms with E-state index >= 15 is 0 Å². The standard InChI is InChI=1S/C16H30N2O4/c1-16(2,3)9-13(10-19)18(4)15(22)17-12-7-5-11(6-8-12)14(20)21/h11-13,19H,5-10H2,1-4H3,(H,17,22)(H,20,21). The van der Waals surface area contributed by atoms with E-state index in [1.807, 2.05) is 0 Å². The summed E-state index contributed by atoms with van der Waals surface area (Å²) >= 11 is 0. The van der Waals surface area contributed by atoms with Crippen LogP contribution in [0.15, 0.2) is 0 Å². The summed E-state index contributed by atoms with van der Waals surface area (Å²) in [7, 11) is 1.70. The van der Waals surface area contributed by atoms with Gasteiger partial charge in [0.2, 0.25) is 0 Å². The summed E-state index contributed by atoms with van der Waals surface area (Å²) < 4.78 is 0. The molecule has 22 heavy (non-hydrogen) atoms. The highest BCUT2D eigenvalue weighted by Crippen LogP contribution is 2.25. The number of likely N-dealkylation sites (N-methyl/N-ethyl adjacent to an activating group) is 1. The molecule has 1 aliphatic carbocycles. The molecule has 0 saturated heterocycles. The molecule has 6 heteroatoms. The molecular weight excluding hydrogens is 284 g/mol. The van der Waals surface area contributed by atoms with Crippen molar-refractivity contribution in [3.8, 4) is 0 Å². The summed E-state index contributed by atoms with van der Waals surface area (Å²) in [5.74, 6) is -1.02. The third kappa shape index (κ3) is 5.83. The lowest BCUT2D eigenvalue weighted by atomic mass is 9.86. The number of nitrogens with one attached hydrogen (secondary N) is 1. The van der Waals surface area contributed by atoms with Gasteiger partial charge in [0.05, 0.1) is 18.6 Å². The number of aliphatic hydroxyl groups excluding tert-OH is 1. The lowest BCUT2D eigenvalue weighted by Gasteiger charge is -2.34. The third-order valence-corrected chi connectivity index (χ3v) is 4.33. The molecule has 2 amide bonds. The highest BCUT2D eigenvalue weighted by atomic mass is 16.4. The van der Waals surface area contributed by atoms with Crippen LogP contribution in [0.3, 0.4) is 0 Å². The van der Waals surface area contributed by atoms with Crippen molar-refractivity contribution in [3.05, 3.63) is 0 Å². The van der Waals surface area contributed by atoms with Crippen LogP contribution in [0.25, 0.3) is 0 Å². The van der Waals surface area contributed by atoms with Gasteiger partial charge in [-0.05, 0) is 37.5 Å². The lowest BCUT2D eigenvalue weighted by molar-refractivity contribution is -0.142. The largest absolute Gasteiger partial charge is 0.481 e. The molecule has 1 fully saturated rings. The zero-order valence-corrected chi connectivity index (χ0v) is 14.1. The van der Waals surface area contributed by atoms with Gasteiger partial charge in [0, 0.05) is 13.1 Å². The van der Waals surface area contributed by atoms with E-state index < -0.39 is 5.97 Å². The number of carboxylic acids is 1. The summed E-state index contributed by atoms with van der Waals surface area (Å²) in [5, 5.41) is 21.5. The van der Waals surface area contributed by atoms with E-state index in [0.29, 0.717) is 25.7 Å². The van der Waals surface area contributed by atoms with Crippen LogP contribution >= 0.6 is 0 Å². The fraction of sp³-hybridized carbons (Fsp3) is 0.875. The molecule has 0 aromatic carbocycles. The molecule has 1 aliphatic rings. The second kappa shape index (κ2) is 7.81. The summed E-state index contributed by atoms with van der Waals surface area (Å²) in [4.78, 5) is 24.8. The van der Waals surface area contributed by atoms with Crippen molar-refractivity contribution in [3.63, 3.8) is 0 Å². The fourth-order valence-electron chi connectivity index (χ4n) is 2.96. The maximum absolute atomic E-state index is 12.3. The van der Waals surface area contributed by atoms with Gasteiger partial charge in [0.15, 0.2) is 0 Å². The molecular formula is C16H30N2O4. The zero-order valence-electron chi connectivity index (χ0n) is 14.1. The molecule has 0 radical (unpaired) electrons. The van der Waals surface area contributed by atoms with Crippen molar-refractivity contribution in [1.29, 1.82) is 0 Å². The Bertz CT molecular complexity index is 384. The van der Waals surface area contributed by atoms with Gasteiger partial charge < -0.3 is 20.4 Å². The van der Waals surface area contributed by atoms with Crippen LogP contribution in [0.4, 0.5) is 4.79 Å². The van der Waals surface area contributed by atoms with Gasteiger partial charge in [0.25, 0.3) is 0 Å². The van der Waals surface area contributed by atoms with Gasteiger partial charge in [-0.3, -0.25) is 4.79 Å². The first-order valence-electron chi connectivity index (χ1n) is 8.01. The van der Waals surface area contributed by atoms with Gasteiger partial charge >= 0.3 is 12.0 Å². The average Bonchev–Trinajstić information content (AvgIpc) is 2.43. The second-order valence-electron chi connectivity index (χ2n) is 7.55. The van der Waals surface area contributed by atoms with Crippen LogP contribution in [-0.2, 0) is 4.79 Å². The first kappa shape index (κ1) is 18.7. The molecule has 0 heterocycles. The van der Waals surface area contributed by atoms with Crippen molar-refractivity contribution in [1.82, 2.24) is 10.2 Å². The van der Waals surface area contributed by atoms with E-state index in [2.05, 4.69) is 26.1 Å². The van der Waals surface area contributed by atoms with E-state index in [1.165, 1.54) is 0 Å². The molecule has 1 rings (SSSR count). The first-order chi connectivity index (χ1) is 10.1. The van der Waals surface area contributed by atoms with Crippen molar-refractivity contribution in [2.75, 3.05) is 13.7 Å². The Hall–Kier alpha value is -1.30. The lowest BCUT2D eigenvalue weighted by Crippen LogP contribution is -2.50. The molecule has 0 aromatic rings. The van der Waals surface area contributed by atoms with E-state index in [1.54, 1.807) is 11.9 Å². The number of rotatable bonds is 5. The monoisotopic (exact) mass is 314 g/mol. The number of nitrogens with zero attached hydrogens (tertiary/aromatic N) is 1. The highest BCUT2D eigenvalue weighted by Gasteiger charge is 2.29. The van der Waals surface area contributed by atoms with Crippen molar-refractivity contribution >= 4 is 12.0 Å². The van der Waals surface area contributed by atoms with Crippen LogP contribution in [0.2, 0.25) is 0 Å². The predicted molar refractivity (Wildman–Crippen MR) is 84.6 cm³/mol. The molecule has 128 valence electrons. The molecule has 3 N–H and O–H groups in total. The predicted octanol–water partition coefficient (Wildman–Crippen LogP) is 2.07. The molecule has 0 aromatic heterocycles. The van der Waals surface area contributed by atoms with Crippen LogP contribution < -0.4 is 5.32 Å². The smallest absolute Gasteiger partial charge is 0.317 e. The van der Waals surface area contributed by atoms with Crippen molar-refractivity contribution in [2.24, 2.45) is 11.3 Å². The fourth-order valence-corrected chi connectivity index (χ4v) is 2.96. The number of carbonyl (C=O) groups is 2. The second-order valence-corrected chi connectivity index (χ2v) is 7.55. The Morgan fingerprint density at radius 2 is 1.77 bits per heavy atom. The van der Waals surface area contributed by atoms with Gasteiger partial charge in [-0.15, -0.1) is 0 Å². The zero-order chi connectivity index (χ0) is 16.9. The van der Waals surface area contributed by atoms with E-state index in [9.17, 15) is 14.7 Å². The topological polar surface area (TPSA) is 89.9 Å². The molecule has 0 spiro atoms. The minimum Gasteiger partial charge on any atom is -0.481 e. The third-order valence-electron chi connectivity index (χ3n) is 4.33. The van der Waals surface area contributed by atoms with Gasteiger partial charge in [0.1, 0.15) is 0 Å². The Morgan fingerprint density at radius 1 is 1.23 bits per heavy atom. The number of aliphatic carboxylic acids is 1. The van der Waals surface area contributed by atoms with Crippen LogP contribution in [0, 0.1) is 11.3 Å². The Morgan fingerprint density at radius 3 is 2.18 bits per heavy atom. The van der Waals surface area contributed by atoms with E-state index in [0.717, 1.165) is 6.42 Å². The van der Waals surface area contributed by atoms with Crippen LogP contribution in [0.1, 0.15) is 52.9 Å². The van der Waals surface area contributed by atoms with Gasteiger partial charge in [-0.2, -0.15) is 0 Å². The number of carbonyl (C=O) groups excluding carboxylic acids is 1. The highest BCUT2D eigenvalue weighted by molar-refractivity contribution is 5.74. The molecule has 1 unspecified atom stereocenters. The van der Waals surface area contributed by atoms with Crippen LogP contribution in [-0.4, -0.2) is 52.9 Å². The number of carboxylic acid groups (broad SMARTS) is 1. The minimum absolute atomic E-state index is 0.0273. The number of hydrogen-bond acceptors (Lipinski definition) is 3. The summed E-state index contributed by atoms with van der Waals surface area (Å²) in [6, 6.07) is -0.378. The molecule has 1 atom stereocenters. The number of urea groups is 1. The average molecular weight is 314 g/mol. The SMILES string of the molecule is CN(C(=O)NC1CCC(C(=O)O)CC1)C(CO)CC(C)(C)C. The van der Waals surface area contributed by atoms with E-state index in [-0.39, 0.29) is 36.1 Å². The molecule has 0 aliphatic heterocycles. The normalized spacial score (nSPS) is 23.7. The van der Waals surface area contributed by atoms with E-state index in [4.69, 9.17) is 5.11 Å². The molecule has 6 nitrogen and oxygen atoms in total. The summed E-state index contributed by atoms with van der Waals surface area (Å²) in [6.07, 6.45) is 3.32. The van der Waals surface area contributed by atoms with Crippen molar-refractivity contribution < 1.29 is 19.8 Å². The van der Waals surface area contributed by atoms with Gasteiger partial charge in [-0.25, -0.2) is 4.79 Å². The minimum atomic E-state index is -0.743. The summed E-state index contributed by atoms with van der Waals surface area (Å²) in [6.45, 7) is 6.17. The Labute approximate surface area is 132 Å². The van der Waals surface area contributed by atoms with Gasteiger partial charge in [-0.1, -0.05) is 20.8 Å². The molecule has 0 bridgehead atoms. The van der Waals surface area contributed by atoms with Crippen LogP contribution in [0.5, 0.6) is 0 Å². The summed E-state index contributed by atoms with van der Waals surface area (Å²) in [5.41, 5.74) is 0.0293. The Balaban J connectivity index is 2.48. The van der Waals surface area contributed by atoms with Crippen molar-refractivity contribution in [2.45, 2.75) is 65.0 Å². The number of amides is 2. The quantitative estimate of drug-likeness (QED) is 0.724. The number of hydrogen-bond donors (Lipinski definition) is 3. The first-order valence-corrected chi connectivity index (χ1v) is 8.01. The molecule has 1 saturated carbocycles. The maximum Gasteiger partial charge on any atom is 0.317 e. The Kier molecular flexibility index (Phi) is 6.66.